The van der Waals surface area contributed by atoms with Gasteiger partial charge in [0.1, 0.15) is 5.52 Å². The fourth-order valence-corrected chi connectivity index (χ4v) is 3.55. The number of aromatic nitrogens is 4. The number of hydrogen-bond acceptors (Lipinski definition) is 3. The Hall–Kier alpha value is -1.11. The van der Waals surface area contributed by atoms with E-state index in [0.29, 0.717) is 0 Å². The summed E-state index contributed by atoms with van der Waals surface area (Å²) in [6.07, 6.45) is 0. The Labute approximate surface area is 124 Å². The minimum absolute atomic E-state index is 0.724. The monoisotopic (exact) mass is 312 g/mol. The second-order valence-electron chi connectivity index (χ2n) is 4.32. The van der Waals surface area contributed by atoms with Crippen LogP contribution in [0, 0.1) is 11.7 Å². The molecule has 0 aromatic carbocycles. The highest BCUT2D eigenvalue weighted by atomic mass is 35.5. The summed E-state index contributed by atoms with van der Waals surface area (Å²) in [5.41, 5.74) is 3.05. The topological polar surface area (TPSA) is 38.5 Å². The Balaban J connectivity index is 2.17. The number of nitrogens with one attached hydrogen (secondary N) is 1. The second kappa shape index (κ2) is 4.77. The van der Waals surface area contributed by atoms with E-state index in [1.807, 2.05) is 23.7 Å². The predicted molar refractivity (Wildman–Crippen MR) is 81.7 cm³/mol. The summed E-state index contributed by atoms with van der Waals surface area (Å²) in [4.78, 5) is 4.43. The van der Waals surface area contributed by atoms with Crippen molar-refractivity contribution in [2.75, 3.05) is 0 Å². The first-order valence-electron chi connectivity index (χ1n) is 6.00. The number of halogens is 1. The highest BCUT2D eigenvalue weighted by molar-refractivity contribution is 7.71. The Morgan fingerprint density at radius 3 is 2.89 bits per heavy atom. The van der Waals surface area contributed by atoms with E-state index in [9.17, 15) is 0 Å². The van der Waals surface area contributed by atoms with Crippen LogP contribution in [0.2, 0.25) is 4.34 Å². The number of fused-ring (bicyclic) bond motifs is 1. The average Bonchev–Trinajstić information content (AvgIpc) is 3.00. The largest absolute Gasteiger partial charge is 0.328 e. The molecule has 0 saturated carbocycles. The van der Waals surface area contributed by atoms with Gasteiger partial charge in [-0.15, -0.1) is 11.3 Å². The first-order chi connectivity index (χ1) is 9.10. The van der Waals surface area contributed by atoms with E-state index in [1.54, 1.807) is 11.3 Å². The number of aryl methyl sites for hydroxylation is 2. The van der Waals surface area contributed by atoms with Gasteiger partial charge in [-0.2, -0.15) is 5.10 Å². The zero-order valence-corrected chi connectivity index (χ0v) is 13.0. The molecule has 0 unspecified atom stereocenters. The Kier molecular flexibility index (Phi) is 3.24. The van der Waals surface area contributed by atoms with E-state index in [-0.39, 0.29) is 0 Å². The van der Waals surface area contributed by atoms with Crippen molar-refractivity contribution < 1.29 is 0 Å². The van der Waals surface area contributed by atoms with Gasteiger partial charge < -0.3 is 4.98 Å². The van der Waals surface area contributed by atoms with Crippen LogP contribution in [0.15, 0.2) is 12.1 Å². The number of imidazole rings is 1. The molecule has 3 heterocycles. The third-order valence-electron chi connectivity index (χ3n) is 3.08. The molecule has 0 amide bonds. The summed E-state index contributed by atoms with van der Waals surface area (Å²) in [7, 11) is 0. The van der Waals surface area contributed by atoms with Crippen LogP contribution >= 0.6 is 35.2 Å². The zero-order valence-electron chi connectivity index (χ0n) is 10.6. The van der Waals surface area contributed by atoms with Crippen LogP contribution in [-0.4, -0.2) is 19.3 Å². The summed E-state index contributed by atoms with van der Waals surface area (Å²) in [6, 6.07) is 3.95. The zero-order chi connectivity index (χ0) is 13.6. The van der Waals surface area contributed by atoms with Crippen molar-refractivity contribution in [3.63, 3.8) is 0 Å². The second-order valence-corrected chi connectivity index (χ2v) is 6.51. The first-order valence-corrected chi connectivity index (χ1v) is 7.60. The number of nitrogens with zero attached hydrogens (tertiary/aromatic N) is 3. The van der Waals surface area contributed by atoms with Crippen molar-refractivity contribution in [1.29, 1.82) is 0 Å². The van der Waals surface area contributed by atoms with Gasteiger partial charge in [0.05, 0.1) is 16.6 Å². The Morgan fingerprint density at radius 1 is 1.47 bits per heavy atom. The van der Waals surface area contributed by atoms with E-state index in [1.165, 1.54) is 4.88 Å². The van der Waals surface area contributed by atoms with Crippen molar-refractivity contribution in [1.82, 2.24) is 19.3 Å². The van der Waals surface area contributed by atoms with Crippen molar-refractivity contribution in [3.05, 3.63) is 31.8 Å². The average molecular weight is 313 g/mol. The molecule has 4 nitrogen and oxygen atoms in total. The van der Waals surface area contributed by atoms with E-state index < -0.39 is 0 Å². The van der Waals surface area contributed by atoms with E-state index in [4.69, 9.17) is 23.8 Å². The molecule has 0 bridgehead atoms. The van der Waals surface area contributed by atoms with Gasteiger partial charge in [0.25, 0.3) is 0 Å². The van der Waals surface area contributed by atoms with Crippen LogP contribution in [0.25, 0.3) is 11.2 Å². The molecule has 0 aliphatic rings. The maximum Gasteiger partial charge on any atom is 0.179 e. The molecule has 19 heavy (non-hydrogen) atoms. The van der Waals surface area contributed by atoms with Crippen LogP contribution in [0.5, 0.6) is 0 Å². The molecular formula is C12H13ClN4S2. The predicted octanol–water partition coefficient (Wildman–Crippen LogP) is 3.99. The molecule has 0 radical (unpaired) electrons. The number of aromatic amines is 1. The van der Waals surface area contributed by atoms with Gasteiger partial charge in [-0.1, -0.05) is 11.6 Å². The third kappa shape index (κ3) is 2.13. The maximum absolute atomic E-state index is 5.98. The number of thiophene rings is 1. The minimum atomic E-state index is 0.724. The quantitative estimate of drug-likeness (QED) is 0.743. The van der Waals surface area contributed by atoms with Crippen molar-refractivity contribution in [2.45, 2.75) is 26.9 Å². The van der Waals surface area contributed by atoms with Crippen molar-refractivity contribution in [3.8, 4) is 0 Å². The number of H-pyrrole nitrogens is 1. The molecule has 0 spiro atoms. The van der Waals surface area contributed by atoms with Gasteiger partial charge in [0.15, 0.2) is 10.4 Å². The van der Waals surface area contributed by atoms with Crippen LogP contribution in [0.4, 0.5) is 0 Å². The normalized spacial score (nSPS) is 11.5. The molecule has 0 aliphatic heterocycles. The van der Waals surface area contributed by atoms with Crippen molar-refractivity contribution in [2.24, 2.45) is 0 Å². The van der Waals surface area contributed by atoms with Crippen LogP contribution < -0.4 is 0 Å². The summed E-state index contributed by atoms with van der Waals surface area (Å²) in [5.74, 6) is 0. The lowest BCUT2D eigenvalue weighted by Gasteiger charge is -2.04. The lowest BCUT2D eigenvalue weighted by atomic mass is 10.4. The molecule has 0 saturated heterocycles. The van der Waals surface area contributed by atoms with Gasteiger partial charge in [-0.05, 0) is 38.2 Å². The van der Waals surface area contributed by atoms with Gasteiger partial charge in [-0.3, -0.25) is 4.57 Å². The molecule has 3 aromatic rings. The smallest absolute Gasteiger partial charge is 0.179 e. The SMILES string of the molecule is CCn1nc(C)c2[nH]c(=S)n(Cc3ccc(Cl)s3)c21. The van der Waals surface area contributed by atoms with Gasteiger partial charge in [0.2, 0.25) is 0 Å². The lowest BCUT2D eigenvalue weighted by molar-refractivity contribution is 0.645. The van der Waals surface area contributed by atoms with E-state index >= 15 is 0 Å². The Morgan fingerprint density at radius 2 is 2.26 bits per heavy atom. The van der Waals surface area contributed by atoms with Crippen molar-refractivity contribution >= 4 is 46.3 Å². The standard InChI is InChI=1S/C12H13ClN4S2/c1-3-17-11-10(7(2)15-17)14-12(18)16(11)6-8-4-5-9(13)19-8/h4-5H,3,6H2,1-2H3,(H,14,18). The van der Waals surface area contributed by atoms with E-state index in [0.717, 1.165) is 39.1 Å². The molecule has 7 heteroatoms. The van der Waals surface area contributed by atoms with Crippen LogP contribution in [-0.2, 0) is 13.1 Å². The molecule has 0 atom stereocenters. The third-order valence-corrected chi connectivity index (χ3v) is 4.61. The highest BCUT2D eigenvalue weighted by Crippen LogP contribution is 2.25. The highest BCUT2D eigenvalue weighted by Gasteiger charge is 2.14. The van der Waals surface area contributed by atoms with Crippen LogP contribution in [0.3, 0.4) is 0 Å². The molecule has 0 fully saturated rings. The molecule has 100 valence electrons. The number of rotatable bonds is 3. The van der Waals surface area contributed by atoms with Gasteiger partial charge in [0, 0.05) is 11.4 Å². The summed E-state index contributed by atoms with van der Waals surface area (Å²) >= 11 is 13.0. The number of hydrogen-bond donors (Lipinski definition) is 1. The minimum Gasteiger partial charge on any atom is -0.328 e. The fourth-order valence-electron chi connectivity index (χ4n) is 2.22. The molecular weight excluding hydrogens is 300 g/mol. The van der Waals surface area contributed by atoms with Crippen LogP contribution in [0.1, 0.15) is 17.5 Å². The molecule has 3 aromatic heterocycles. The molecule has 1 N–H and O–H groups in total. The van der Waals surface area contributed by atoms with Gasteiger partial charge in [-0.25, -0.2) is 4.68 Å². The molecule has 3 rings (SSSR count). The molecule has 0 aliphatic carbocycles. The first kappa shape index (κ1) is 12.9. The van der Waals surface area contributed by atoms with E-state index in [2.05, 4.69) is 21.6 Å². The fraction of sp³-hybridized carbons (Fsp3) is 0.333. The summed E-state index contributed by atoms with van der Waals surface area (Å²) < 4.78 is 5.58. The van der Waals surface area contributed by atoms with Gasteiger partial charge >= 0.3 is 0 Å². The maximum atomic E-state index is 5.98. The summed E-state index contributed by atoms with van der Waals surface area (Å²) in [5, 5.41) is 4.51. The lowest BCUT2D eigenvalue weighted by Crippen LogP contribution is -2.05. The summed E-state index contributed by atoms with van der Waals surface area (Å²) in [6.45, 7) is 5.61. The Bertz CT molecular complexity index is 792.